The SMILES string of the molecule is CN(C(=O)NC1CC(C)(C)Oc2ccccc21)c1cc(Cn2cnnn2)ccn1. The molecule has 0 spiro atoms. The predicted octanol–water partition coefficient (Wildman–Crippen LogP) is 2.56. The molecule has 9 nitrogen and oxygen atoms in total. The first-order valence-electron chi connectivity index (χ1n) is 9.39. The van der Waals surface area contributed by atoms with Gasteiger partial charge in [-0.15, -0.1) is 5.10 Å². The minimum absolute atomic E-state index is 0.144. The molecule has 1 aliphatic heterocycles. The third-order valence-electron chi connectivity index (χ3n) is 4.87. The highest BCUT2D eigenvalue weighted by Crippen LogP contribution is 2.39. The zero-order chi connectivity index (χ0) is 20.4. The van der Waals surface area contributed by atoms with E-state index < -0.39 is 0 Å². The number of ether oxygens (including phenoxy) is 1. The van der Waals surface area contributed by atoms with Crippen LogP contribution in [0.4, 0.5) is 10.6 Å². The lowest BCUT2D eigenvalue weighted by Gasteiger charge is -2.38. The normalized spacial score (nSPS) is 17.1. The van der Waals surface area contributed by atoms with Crippen molar-refractivity contribution in [3.63, 3.8) is 0 Å². The maximum absolute atomic E-state index is 13.0. The van der Waals surface area contributed by atoms with Crippen LogP contribution in [0.1, 0.15) is 37.4 Å². The van der Waals surface area contributed by atoms with Crippen molar-refractivity contribution < 1.29 is 9.53 Å². The molecule has 150 valence electrons. The third kappa shape index (κ3) is 4.18. The minimum atomic E-state index is -0.366. The Kier molecular flexibility index (Phi) is 4.87. The van der Waals surface area contributed by atoms with Crippen LogP contribution in [0.5, 0.6) is 5.75 Å². The summed E-state index contributed by atoms with van der Waals surface area (Å²) in [6.45, 7) is 4.55. The molecule has 29 heavy (non-hydrogen) atoms. The molecule has 2 aromatic heterocycles. The molecule has 3 heterocycles. The lowest BCUT2D eigenvalue weighted by molar-refractivity contribution is 0.0681. The number of carbonyl (C=O) groups is 1. The van der Waals surface area contributed by atoms with Gasteiger partial charge >= 0.3 is 6.03 Å². The van der Waals surface area contributed by atoms with E-state index >= 15 is 0 Å². The fourth-order valence-electron chi connectivity index (χ4n) is 3.46. The van der Waals surface area contributed by atoms with Crippen LogP contribution in [-0.2, 0) is 6.54 Å². The van der Waals surface area contributed by atoms with Crippen LogP contribution >= 0.6 is 0 Å². The van der Waals surface area contributed by atoms with E-state index in [-0.39, 0.29) is 17.7 Å². The number of fused-ring (bicyclic) bond motifs is 1. The van der Waals surface area contributed by atoms with Crippen LogP contribution in [-0.4, -0.2) is 43.9 Å². The second kappa shape index (κ2) is 7.50. The van der Waals surface area contributed by atoms with E-state index in [1.54, 1.807) is 24.3 Å². The van der Waals surface area contributed by atoms with Gasteiger partial charge in [0.25, 0.3) is 0 Å². The van der Waals surface area contributed by atoms with E-state index in [1.165, 1.54) is 4.90 Å². The van der Waals surface area contributed by atoms with Crippen LogP contribution < -0.4 is 15.0 Å². The van der Waals surface area contributed by atoms with Crippen molar-refractivity contribution in [2.45, 2.75) is 38.5 Å². The maximum Gasteiger partial charge on any atom is 0.323 e. The summed E-state index contributed by atoms with van der Waals surface area (Å²) in [5.74, 6) is 1.35. The van der Waals surface area contributed by atoms with Crippen molar-refractivity contribution in [2.75, 3.05) is 11.9 Å². The van der Waals surface area contributed by atoms with Crippen LogP contribution in [0.3, 0.4) is 0 Å². The van der Waals surface area contributed by atoms with Gasteiger partial charge in [0.05, 0.1) is 12.6 Å². The Bertz CT molecular complexity index is 1000. The van der Waals surface area contributed by atoms with Gasteiger partial charge in [-0.2, -0.15) is 0 Å². The molecule has 2 amide bonds. The van der Waals surface area contributed by atoms with E-state index in [0.29, 0.717) is 18.8 Å². The van der Waals surface area contributed by atoms with Crippen LogP contribution in [0.2, 0.25) is 0 Å². The van der Waals surface area contributed by atoms with Crippen LogP contribution in [0, 0.1) is 0 Å². The number of carbonyl (C=O) groups excluding carboxylic acids is 1. The van der Waals surface area contributed by atoms with Gasteiger partial charge in [-0.1, -0.05) is 18.2 Å². The first-order chi connectivity index (χ1) is 13.9. The fourth-order valence-corrected chi connectivity index (χ4v) is 3.46. The van der Waals surface area contributed by atoms with Gasteiger partial charge in [-0.3, -0.25) is 4.90 Å². The zero-order valence-electron chi connectivity index (χ0n) is 16.6. The average molecular weight is 393 g/mol. The summed E-state index contributed by atoms with van der Waals surface area (Å²) in [5, 5.41) is 14.2. The Morgan fingerprint density at radius 1 is 1.34 bits per heavy atom. The average Bonchev–Trinajstić information content (AvgIpc) is 3.19. The number of urea groups is 1. The summed E-state index contributed by atoms with van der Waals surface area (Å²) in [4.78, 5) is 18.8. The number of nitrogens with one attached hydrogen (secondary N) is 1. The number of anilines is 1. The van der Waals surface area contributed by atoms with E-state index in [4.69, 9.17) is 4.74 Å². The number of nitrogens with zero attached hydrogens (tertiary/aromatic N) is 6. The highest BCUT2D eigenvalue weighted by molar-refractivity contribution is 5.90. The minimum Gasteiger partial charge on any atom is -0.487 e. The van der Waals surface area contributed by atoms with Gasteiger partial charge in [0.2, 0.25) is 0 Å². The number of hydrogen-bond donors (Lipinski definition) is 1. The van der Waals surface area contributed by atoms with Crippen molar-refractivity contribution in [3.05, 3.63) is 60.0 Å². The number of hydrogen-bond acceptors (Lipinski definition) is 6. The number of pyridine rings is 1. The number of rotatable bonds is 4. The largest absolute Gasteiger partial charge is 0.487 e. The standard InChI is InChI=1S/C20H23N7O2/c1-20(2)11-16(15-6-4-5-7-17(15)29-20)23-19(28)26(3)18-10-14(8-9-21-18)12-27-13-22-24-25-27/h4-10,13,16H,11-12H2,1-3H3,(H,23,28). The van der Waals surface area contributed by atoms with Crippen molar-refractivity contribution in [1.82, 2.24) is 30.5 Å². The number of benzene rings is 1. The van der Waals surface area contributed by atoms with Gasteiger partial charge in [-0.05, 0) is 48.0 Å². The van der Waals surface area contributed by atoms with E-state index in [9.17, 15) is 4.79 Å². The lowest BCUT2D eigenvalue weighted by Crippen LogP contribution is -2.45. The second-order valence-electron chi connectivity index (χ2n) is 7.69. The summed E-state index contributed by atoms with van der Waals surface area (Å²) in [6, 6.07) is 11.2. The monoisotopic (exact) mass is 393 g/mol. The summed E-state index contributed by atoms with van der Waals surface area (Å²) in [7, 11) is 1.70. The van der Waals surface area contributed by atoms with Gasteiger partial charge in [-0.25, -0.2) is 14.5 Å². The Labute approximate surface area is 168 Å². The molecule has 1 aliphatic rings. The Hall–Kier alpha value is -3.49. The van der Waals surface area contributed by atoms with Crippen molar-refractivity contribution in [3.8, 4) is 5.75 Å². The number of aromatic nitrogens is 5. The van der Waals surface area contributed by atoms with Gasteiger partial charge in [0.15, 0.2) is 0 Å². The molecular formula is C20H23N7O2. The maximum atomic E-state index is 13.0. The van der Waals surface area contributed by atoms with Crippen LogP contribution in [0.25, 0.3) is 0 Å². The van der Waals surface area contributed by atoms with Gasteiger partial charge < -0.3 is 10.1 Å². The molecule has 1 atom stereocenters. The Morgan fingerprint density at radius 3 is 2.97 bits per heavy atom. The quantitative estimate of drug-likeness (QED) is 0.732. The molecule has 3 aromatic rings. The molecule has 9 heteroatoms. The highest BCUT2D eigenvalue weighted by Gasteiger charge is 2.34. The molecule has 0 saturated carbocycles. The first-order valence-corrected chi connectivity index (χ1v) is 9.39. The molecule has 0 radical (unpaired) electrons. The molecule has 0 aliphatic carbocycles. The summed E-state index contributed by atoms with van der Waals surface area (Å²) >= 11 is 0. The number of para-hydroxylation sites is 1. The van der Waals surface area contributed by atoms with Crippen molar-refractivity contribution in [2.24, 2.45) is 0 Å². The number of amides is 2. The van der Waals surface area contributed by atoms with Crippen molar-refractivity contribution >= 4 is 11.8 Å². The molecule has 0 fully saturated rings. The lowest BCUT2D eigenvalue weighted by atomic mass is 9.90. The van der Waals surface area contributed by atoms with E-state index in [2.05, 4.69) is 25.8 Å². The van der Waals surface area contributed by atoms with E-state index in [0.717, 1.165) is 16.9 Å². The predicted molar refractivity (Wildman–Crippen MR) is 107 cm³/mol. The zero-order valence-corrected chi connectivity index (χ0v) is 16.6. The Balaban J connectivity index is 1.50. The van der Waals surface area contributed by atoms with Gasteiger partial charge in [0.1, 0.15) is 23.5 Å². The first kappa shape index (κ1) is 18.9. The second-order valence-corrected chi connectivity index (χ2v) is 7.69. The fraction of sp³-hybridized carbons (Fsp3) is 0.350. The number of tetrazole rings is 1. The van der Waals surface area contributed by atoms with Crippen molar-refractivity contribution in [1.29, 1.82) is 0 Å². The molecule has 1 N–H and O–H groups in total. The molecule has 1 aromatic carbocycles. The molecule has 0 saturated heterocycles. The summed E-state index contributed by atoms with van der Waals surface area (Å²) in [5.41, 5.74) is 1.56. The summed E-state index contributed by atoms with van der Waals surface area (Å²) < 4.78 is 7.66. The van der Waals surface area contributed by atoms with Gasteiger partial charge in [0, 0.05) is 25.2 Å². The third-order valence-corrected chi connectivity index (χ3v) is 4.87. The molecule has 0 bridgehead atoms. The molecule has 1 unspecified atom stereocenters. The topological polar surface area (TPSA) is 98.1 Å². The highest BCUT2D eigenvalue weighted by atomic mass is 16.5. The smallest absolute Gasteiger partial charge is 0.323 e. The van der Waals surface area contributed by atoms with E-state index in [1.807, 2.05) is 50.2 Å². The Morgan fingerprint density at radius 2 is 2.17 bits per heavy atom. The van der Waals surface area contributed by atoms with Crippen LogP contribution in [0.15, 0.2) is 48.9 Å². The molecular weight excluding hydrogens is 370 g/mol. The summed E-state index contributed by atoms with van der Waals surface area (Å²) in [6.07, 6.45) is 3.89. The molecule has 4 rings (SSSR count).